The van der Waals surface area contributed by atoms with E-state index in [0.717, 1.165) is 0 Å². The van der Waals surface area contributed by atoms with E-state index >= 15 is 0 Å². The second-order valence-corrected chi connectivity index (χ2v) is 3.61. The van der Waals surface area contributed by atoms with E-state index in [-0.39, 0.29) is 0 Å². The van der Waals surface area contributed by atoms with E-state index in [9.17, 15) is 0 Å². The summed E-state index contributed by atoms with van der Waals surface area (Å²) in [6, 6.07) is 7.09. The van der Waals surface area contributed by atoms with Crippen LogP contribution in [-0.2, 0) is 0 Å². The van der Waals surface area contributed by atoms with Crippen molar-refractivity contribution in [2.45, 2.75) is 0 Å². The van der Waals surface area contributed by atoms with Crippen LogP contribution in [0.25, 0.3) is 11.0 Å². The zero-order chi connectivity index (χ0) is 12.4. The second kappa shape index (κ2) is 4.21. The van der Waals surface area contributed by atoms with Gasteiger partial charge in [-0.3, -0.25) is 4.98 Å². The first-order valence-corrected chi connectivity index (χ1v) is 5.25. The van der Waals surface area contributed by atoms with E-state index in [1.165, 1.54) is 0 Å². The highest BCUT2D eigenvalue weighted by Gasteiger charge is 2.08. The van der Waals surface area contributed by atoms with Gasteiger partial charge in [0.1, 0.15) is 22.4 Å². The predicted octanol–water partition coefficient (Wildman–Crippen LogP) is 2.35. The Balaban J connectivity index is 2.07. The third-order valence-corrected chi connectivity index (χ3v) is 2.40. The number of H-pyrrole nitrogens is 1. The Hall–Kier alpha value is -2.83. The maximum Gasteiger partial charge on any atom is 0.142 e. The fourth-order valence-electron chi connectivity index (χ4n) is 1.54. The van der Waals surface area contributed by atoms with Crippen molar-refractivity contribution in [3.05, 3.63) is 36.7 Å². The van der Waals surface area contributed by atoms with Gasteiger partial charge < -0.3 is 5.73 Å². The monoisotopic (exact) mass is 239 g/mol. The highest BCUT2D eigenvalue weighted by atomic mass is 15.3. The molecule has 0 saturated carbocycles. The molecule has 0 aliphatic rings. The summed E-state index contributed by atoms with van der Waals surface area (Å²) in [5, 5.41) is 18.7. The van der Waals surface area contributed by atoms with Crippen LogP contribution >= 0.6 is 0 Å². The standard InChI is InChI=1S/C11H9N7/c12-8-3-4-9-11(17-18-15-9)10(8)16-14-7-2-1-5-13-6-7/h1-6H,12H2,(H,15,17,18). The van der Waals surface area contributed by atoms with Crippen molar-refractivity contribution < 1.29 is 0 Å². The summed E-state index contributed by atoms with van der Waals surface area (Å²) in [6.07, 6.45) is 3.29. The first kappa shape index (κ1) is 10.3. The lowest BCUT2D eigenvalue weighted by atomic mass is 10.2. The molecular formula is C11H9N7. The van der Waals surface area contributed by atoms with E-state index in [1.807, 2.05) is 0 Å². The number of nitrogens with one attached hydrogen (secondary N) is 1. The van der Waals surface area contributed by atoms with Crippen LogP contribution in [0.15, 0.2) is 46.9 Å². The van der Waals surface area contributed by atoms with Gasteiger partial charge in [-0.1, -0.05) is 0 Å². The molecule has 2 aromatic heterocycles. The Morgan fingerprint density at radius 2 is 2.06 bits per heavy atom. The minimum atomic E-state index is 0.504. The lowest BCUT2D eigenvalue weighted by Crippen LogP contribution is -1.85. The van der Waals surface area contributed by atoms with Crippen LogP contribution in [0.2, 0.25) is 0 Å². The smallest absolute Gasteiger partial charge is 0.142 e. The van der Waals surface area contributed by atoms with Gasteiger partial charge in [0.2, 0.25) is 0 Å². The summed E-state index contributed by atoms with van der Waals surface area (Å²) in [7, 11) is 0. The molecule has 18 heavy (non-hydrogen) atoms. The SMILES string of the molecule is Nc1ccc2n[nH]nc2c1N=Nc1cccnc1. The number of hydrogen-bond acceptors (Lipinski definition) is 6. The Kier molecular flexibility index (Phi) is 2.41. The average molecular weight is 239 g/mol. The quantitative estimate of drug-likeness (QED) is 0.528. The molecule has 3 N–H and O–H groups in total. The number of nitrogen functional groups attached to an aromatic ring is 1. The van der Waals surface area contributed by atoms with Crippen molar-refractivity contribution in [2.24, 2.45) is 10.2 Å². The average Bonchev–Trinajstić information content (AvgIpc) is 2.87. The summed E-state index contributed by atoms with van der Waals surface area (Å²) in [5.74, 6) is 0. The van der Waals surface area contributed by atoms with Gasteiger partial charge in [-0.15, -0.1) is 10.2 Å². The molecule has 0 aliphatic carbocycles. The van der Waals surface area contributed by atoms with Crippen LogP contribution in [0.4, 0.5) is 17.1 Å². The number of pyridine rings is 1. The van der Waals surface area contributed by atoms with Crippen LogP contribution in [0.5, 0.6) is 0 Å². The van der Waals surface area contributed by atoms with E-state index in [4.69, 9.17) is 5.73 Å². The number of fused-ring (bicyclic) bond motifs is 1. The lowest BCUT2D eigenvalue weighted by molar-refractivity contribution is 0.959. The van der Waals surface area contributed by atoms with Crippen molar-refractivity contribution >= 4 is 28.1 Å². The molecule has 3 aromatic rings. The number of aromatic amines is 1. The van der Waals surface area contributed by atoms with Crippen molar-refractivity contribution in [3.8, 4) is 0 Å². The van der Waals surface area contributed by atoms with Crippen LogP contribution in [-0.4, -0.2) is 20.4 Å². The van der Waals surface area contributed by atoms with Gasteiger partial charge in [-0.2, -0.15) is 15.4 Å². The number of nitrogens with two attached hydrogens (primary N) is 1. The fourth-order valence-corrected chi connectivity index (χ4v) is 1.54. The van der Waals surface area contributed by atoms with E-state index in [1.54, 1.807) is 36.7 Å². The molecule has 0 fully saturated rings. The highest BCUT2D eigenvalue weighted by Crippen LogP contribution is 2.30. The second-order valence-electron chi connectivity index (χ2n) is 3.61. The minimum Gasteiger partial charge on any atom is -0.397 e. The molecule has 0 saturated heterocycles. The summed E-state index contributed by atoms with van der Waals surface area (Å²) >= 11 is 0. The maximum absolute atomic E-state index is 5.86. The molecule has 7 nitrogen and oxygen atoms in total. The number of nitrogens with zero attached hydrogens (tertiary/aromatic N) is 5. The van der Waals surface area contributed by atoms with Gasteiger partial charge in [-0.05, 0) is 24.3 Å². The number of rotatable bonds is 2. The zero-order valence-corrected chi connectivity index (χ0v) is 9.28. The Morgan fingerprint density at radius 3 is 2.89 bits per heavy atom. The maximum atomic E-state index is 5.86. The number of aromatic nitrogens is 4. The third kappa shape index (κ3) is 1.77. The Labute approximate surface area is 102 Å². The molecule has 3 rings (SSSR count). The molecule has 2 heterocycles. The Morgan fingerprint density at radius 1 is 1.11 bits per heavy atom. The van der Waals surface area contributed by atoms with Crippen molar-refractivity contribution in [1.29, 1.82) is 0 Å². The van der Waals surface area contributed by atoms with Gasteiger partial charge in [0.25, 0.3) is 0 Å². The molecule has 0 aliphatic heterocycles. The van der Waals surface area contributed by atoms with Gasteiger partial charge in [-0.25, -0.2) is 0 Å². The number of anilines is 1. The van der Waals surface area contributed by atoms with Gasteiger partial charge in [0, 0.05) is 6.20 Å². The third-order valence-electron chi connectivity index (χ3n) is 2.40. The molecule has 7 heteroatoms. The molecule has 0 atom stereocenters. The van der Waals surface area contributed by atoms with Crippen LogP contribution in [0.3, 0.4) is 0 Å². The molecular weight excluding hydrogens is 230 g/mol. The van der Waals surface area contributed by atoms with Crippen LogP contribution in [0.1, 0.15) is 0 Å². The summed E-state index contributed by atoms with van der Waals surface area (Å²) in [5.41, 5.74) is 8.82. The van der Waals surface area contributed by atoms with Crippen LogP contribution < -0.4 is 5.73 Å². The molecule has 0 spiro atoms. The summed E-state index contributed by atoms with van der Waals surface area (Å²) in [6.45, 7) is 0. The van der Waals surface area contributed by atoms with Gasteiger partial charge in [0.05, 0.1) is 11.9 Å². The molecule has 0 radical (unpaired) electrons. The molecule has 88 valence electrons. The number of azo groups is 1. The fraction of sp³-hybridized carbons (Fsp3) is 0. The largest absolute Gasteiger partial charge is 0.397 e. The highest BCUT2D eigenvalue weighted by molar-refractivity contribution is 5.92. The van der Waals surface area contributed by atoms with Crippen molar-refractivity contribution in [3.63, 3.8) is 0 Å². The predicted molar refractivity (Wildman–Crippen MR) is 66.7 cm³/mol. The van der Waals surface area contributed by atoms with E-state index in [0.29, 0.717) is 28.1 Å². The number of benzene rings is 1. The van der Waals surface area contributed by atoms with Crippen LogP contribution in [0, 0.1) is 0 Å². The van der Waals surface area contributed by atoms with E-state index in [2.05, 4.69) is 30.6 Å². The minimum absolute atomic E-state index is 0.504. The topological polar surface area (TPSA) is 105 Å². The van der Waals surface area contributed by atoms with Crippen molar-refractivity contribution in [2.75, 3.05) is 5.73 Å². The Bertz CT molecular complexity index is 702. The molecule has 0 bridgehead atoms. The molecule has 1 aromatic carbocycles. The summed E-state index contributed by atoms with van der Waals surface area (Å²) in [4.78, 5) is 3.95. The van der Waals surface area contributed by atoms with Crippen molar-refractivity contribution in [1.82, 2.24) is 20.4 Å². The van der Waals surface area contributed by atoms with Gasteiger partial charge in [0.15, 0.2) is 0 Å². The lowest BCUT2D eigenvalue weighted by Gasteiger charge is -1.98. The van der Waals surface area contributed by atoms with Gasteiger partial charge >= 0.3 is 0 Å². The molecule has 0 unspecified atom stereocenters. The normalized spacial score (nSPS) is 11.3. The first-order valence-electron chi connectivity index (χ1n) is 5.25. The van der Waals surface area contributed by atoms with E-state index < -0.39 is 0 Å². The molecule has 0 amide bonds. The first-order chi connectivity index (χ1) is 8.84. The zero-order valence-electron chi connectivity index (χ0n) is 9.28. The number of hydrogen-bond donors (Lipinski definition) is 2. The summed E-state index contributed by atoms with van der Waals surface area (Å²) < 4.78 is 0.